The summed E-state index contributed by atoms with van der Waals surface area (Å²) in [4.78, 5) is 23.7. The number of ether oxygens (including phenoxy) is 1. The lowest BCUT2D eigenvalue weighted by Crippen LogP contribution is -2.24. The third-order valence-corrected chi connectivity index (χ3v) is 3.19. The average molecular weight is 283 g/mol. The van der Waals surface area contributed by atoms with Crippen LogP contribution < -0.4 is 10.1 Å². The summed E-state index contributed by atoms with van der Waals surface area (Å²) in [6, 6.07) is 14.2. The largest absolute Gasteiger partial charge is 0.496 e. The Morgan fingerprint density at radius 2 is 1.76 bits per heavy atom. The molecular formula is C17H17NO3. The highest BCUT2D eigenvalue weighted by atomic mass is 16.5. The minimum absolute atomic E-state index is 0.0575. The lowest BCUT2D eigenvalue weighted by Gasteiger charge is -2.13. The molecule has 0 bridgehead atoms. The lowest BCUT2D eigenvalue weighted by molar-refractivity contribution is 0.0946. The van der Waals surface area contributed by atoms with Crippen molar-refractivity contribution in [1.82, 2.24) is 5.32 Å². The highest BCUT2D eigenvalue weighted by Gasteiger charge is 2.13. The molecule has 21 heavy (non-hydrogen) atoms. The van der Waals surface area contributed by atoms with E-state index in [1.54, 1.807) is 49.6 Å². The Bertz CT molecular complexity index is 650. The first-order chi connectivity index (χ1) is 10.1. The number of nitrogens with one attached hydrogen (secondary N) is 1. The van der Waals surface area contributed by atoms with E-state index in [0.29, 0.717) is 22.4 Å². The van der Waals surface area contributed by atoms with Crippen LogP contribution in [0.3, 0.4) is 0 Å². The van der Waals surface area contributed by atoms with Crippen LogP contribution in [0.25, 0.3) is 0 Å². The quantitative estimate of drug-likeness (QED) is 0.858. The van der Waals surface area contributed by atoms with Gasteiger partial charge in [-0.3, -0.25) is 9.59 Å². The van der Waals surface area contributed by atoms with Gasteiger partial charge in [-0.2, -0.15) is 0 Å². The number of amides is 1. The van der Waals surface area contributed by atoms with E-state index in [2.05, 4.69) is 5.32 Å². The Labute approximate surface area is 123 Å². The van der Waals surface area contributed by atoms with Gasteiger partial charge in [0.05, 0.1) is 7.11 Å². The molecule has 0 saturated heterocycles. The van der Waals surface area contributed by atoms with Crippen molar-refractivity contribution in [2.75, 3.05) is 7.11 Å². The SMILES string of the molecule is COc1cccc(C(C)=O)c1CNC(=O)c1ccccc1. The van der Waals surface area contributed by atoms with Gasteiger partial charge in [-0.15, -0.1) is 0 Å². The van der Waals surface area contributed by atoms with E-state index in [9.17, 15) is 9.59 Å². The molecule has 2 aromatic carbocycles. The van der Waals surface area contributed by atoms with Gasteiger partial charge in [-0.25, -0.2) is 0 Å². The number of hydrogen-bond acceptors (Lipinski definition) is 3. The van der Waals surface area contributed by atoms with Crippen molar-refractivity contribution in [3.8, 4) is 5.75 Å². The molecule has 0 aliphatic rings. The number of Topliss-reactive ketones (excluding diaryl/α,β-unsaturated/α-hetero) is 1. The topological polar surface area (TPSA) is 55.4 Å². The summed E-state index contributed by atoms with van der Waals surface area (Å²) in [5, 5.41) is 2.81. The van der Waals surface area contributed by atoms with Crippen molar-refractivity contribution < 1.29 is 14.3 Å². The predicted molar refractivity (Wildman–Crippen MR) is 80.6 cm³/mol. The first-order valence-corrected chi connectivity index (χ1v) is 6.63. The van der Waals surface area contributed by atoms with Gasteiger partial charge in [-0.05, 0) is 25.1 Å². The summed E-state index contributed by atoms with van der Waals surface area (Å²) in [6.45, 7) is 1.74. The van der Waals surface area contributed by atoms with Crippen LogP contribution in [-0.4, -0.2) is 18.8 Å². The van der Waals surface area contributed by atoms with E-state index in [1.807, 2.05) is 6.07 Å². The van der Waals surface area contributed by atoms with Gasteiger partial charge in [0.1, 0.15) is 5.75 Å². The van der Waals surface area contributed by atoms with E-state index in [0.717, 1.165) is 0 Å². The van der Waals surface area contributed by atoms with Crippen LogP contribution in [0, 0.1) is 0 Å². The van der Waals surface area contributed by atoms with Gasteiger partial charge in [0, 0.05) is 23.2 Å². The monoisotopic (exact) mass is 283 g/mol. The van der Waals surface area contributed by atoms with Crippen molar-refractivity contribution in [2.24, 2.45) is 0 Å². The Kier molecular flexibility index (Phi) is 4.72. The second-order valence-electron chi connectivity index (χ2n) is 4.59. The van der Waals surface area contributed by atoms with Crippen LogP contribution in [0.1, 0.15) is 33.2 Å². The van der Waals surface area contributed by atoms with Crippen LogP contribution in [0.5, 0.6) is 5.75 Å². The molecule has 0 heterocycles. The molecule has 0 unspecified atom stereocenters. The summed E-state index contributed by atoms with van der Waals surface area (Å²) in [5.41, 5.74) is 1.83. The zero-order valence-electron chi connectivity index (χ0n) is 12.1. The van der Waals surface area contributed by atoms with Crippen molar-refractivity contribution in [2.45, 2.75) is 13.5 Å². The van der Waals surface area contributed by atoms with Gasteiger partial charge in [-0.1, -0.05) is 30.3 Å². The molecular weight excluding hydrogens is 266 g/mol. The first-order valence-electron chi connectivity index (χ1n) is 6.63. The Hall–Kier alpha value is -2.62. The maximum absolute atomic E-state index is 12.1. The van der Waals surface area contributed by atoms with Crippen LogP contribution in [-0.2, 0) is 6.54 Å². The maximum Gasteiger partial charge on any atom is 0.251 e. The number of hydrogen-bond donors (Lipinski definition) is 1. The van der Waals surface area contributed by atoms with Gasteiger partial charge in [0.25, 0.3) is 5.91 Å². The summed E-state index contributed by atoms with van der Waals surface area (Å²) in [5.74, 6) is 0.352. The lowest BCUT2D eigenvalue weighted by atomic mass is 10.0. The zero-order chi connectivity index (χ0) is 15.2. The number of ketones is 1. The molecule has 4 nitrogen and oxygen atoms in total. The molecule has 108 valence electrons. The highest BCUT2D eigenvalue weighted by molar-refractivity contribution is 5.97. The first kappa shape index (κ1) is 14.8. The van der Waals surface area contributed by atoms with Gasteiger partial charge in [0.15, 0.2) is 5.78 Å². The summed E-state index contributed by atoms with van der Waals surface area (Å²) >= 11 is 0. The summed E-state index contributed by atoms with van der Waals surface area (Å²) in [6.07, 6.45) is 0. The van der Waals surface area contributed by atoms with Crippen LogP contribution >= 0.6 is 0 Å². The minimum Gasteiger partial charge on any atom is -0.496 e. The predicted octanol–water partition coefficient (Wildman–Crippen LogP) is 2.83. The number of rotatable bonds is 5. The van der Waals surface area contributed by atoms with Crippen molar-refractivity contribution in [3.05, 3.63) is 65.2 Å². The van der Waals surface area contributed by atoms with Crippen molar-refractivity contribution >= 4 is 11.7 Å². The molecule has 0 aliphatic carbocycles. The highest BCUT2D eigenvalue weighted by Crippen LogP contribution is 2.22. The molecule has 0 aliphatic heterocycles. The molecule has 0 fully saturated rings. The molecule has 2 rings (SSSR count). The number of carbonyl (C=O) groups is 2. The van der Waals surface area contributed by atoms with Gasteiger partial charge >= 0.3 is 0 Å². The molecule has 0 saturated carbocycles. The molecule has 4 heteroatoms. The Morgan fingerprint density at radius 3 is 2.38 bits per heavy atom. The third-order valence-electron chi connectivity index (χ3n) is 3.19. The number of methoxy groups -OCH3 is 1. The van der Waals surface area contributed by atoms with Crippen molar-refractivity contribution in [1.29, 1.82) is 0 Å². The maximum atomic E-state index is 12.1. The van der Waals surface area contributed by atoms with Crippen LogP contribution in [0.4, 0.5) is 0 Å². The molecule has 0 aromatic heterocycles. The van der Waals surface area contributed by atoms with Crippen LogP contribution in [0.2, 0.25) is 0 Å². The average Bonchev–Trinajstić information content (AvgIpc) is 2.52. The van der Waals surface area contributed by atoms with E-state index in [-0.39, 0.29) is 18.2 Å². The van der Waals surface area contributed by atoms with E-state index < -0.39 is 0 Å². The van der Waals surface area contributed by atoms with Gasteiger partial charge in [0.2, 0.25) is 0 Å². The molecule has 0 atom stereocenters. The molecule has 0 spiro atoms. The molecule has 2 aromatic rings. The fraction of sp³-hybridized carbons (Fsp3) is 0.176. The molecule has 0 radical (unpaired) electrons. The molecule has 1 N–H and O–H groups in total. The number of benzene rings is 2. The third kappa shape index (κ3) is 3.48. The van der Waals surface area contributed by atoms with E-state index in [1.165, 1.54) is 6.92 Å². The fourth-order valence-electron chi connectivity index (χ4n) is 2.13. The molecule has 1 amide bonds. The Morgan fingerprint density at radius 1 is 1.05 bits per heavy atom. The number of carbonyl (C=O) groups excluding carboxylic acids is 2. The van der Waals surface area contributed by atoms with Gasteiger partial charge < -0.3 is 10.1 Å². The van der Waals surface area contributed by atoms with E-state index >= 15 is 0 Å². The van der Waals surface area contributed by atoms with Crippen molar-refractivity contribution in [3.63, 3.8) is 0 Å². The van der Waals surface area contributed by atoms with Crippen LogP contribution in [0.15, 0.2) is 48.5 Å². The Balaban J connectivity index is 2.20. The van der Waals surface area contributed by atoms with E-state index in [4.69, 9.17) is 4.74 Å². The fourth-order valence-corrected chi connectivity index (χ4v) is 2.13. The second kappa shape index (κ2) is 6.70. The standard InChI is InChI=1S/C17H17NO3/c1-12(19)14-9-6-10-16(21-2)15(14)11-18-17(20)13-7-4-3-5-8-13/h3-10H,11H2,1-2H3,(H,18,20). The normalized spacial score (nSPS) is 10.0. The zero-order valence-corrected chi connectivity index (χ0v) is 12.1. The summed E-state index contributed by atoms with van der Waals surface area (Å²) < 4.78 is 5.27. The smallest absolute Gasteiger partial charge is 0.251 e. The second-order valence-corrected chi connectivity index (χ2v) is 4.59. The minimum atomic E-state index is -0.184. The summed E-state index contributed by atoms with van der Waals surface area (Å²) in [7, 11) is 1.54.